The molecule has 0 bridgehead atoms. The summed E-state index contributed by atoms with van der Waals surface area (Å²) < 4.78 is 26.5. The van der Waals surface area contributed by atoms with Crippen LogP contribution in [0.2, 0.25) is 0 Å². The van der Waals surface area contributed by atoms with Crippen LogP contribution in [0.5, 0.6) is 0 Å². The fraction of sp³-hybridized carbons (Fsp3) is 0.294. The first-order valence-electron chi connectivity index (χ1n) is 6.89. The minimum atomic E-state index is -0.519. The molecule has 1 unspecified atom stereocenters. The molecule has 0 saturated heterocycles. The van der Waals surface area contributed by atoms with Gasteiger partial charge in [0.05, 0.1) is 0 Å². The fourth-order valence-electron chi connectivity index (χ4n) is 2.42. The second-order valence-electron chi connectivity index (χ2n) is 4.93. The quantitative estimate of drug-likeness (QED) is 0.847. The van der Waals surface area contributed by atoms with E-state index in [2.05, 4.69) is 17.4 Å². The van der Waals surface area contributed by atoms with E-state index in [1.54, 1.807) is 0 Å². The number of benzene rings is 2. The Morgan fingerprint density at radius 3 is 2.10 bits per heavy atom. The molecule has 1 atom stereocenters. The lowest BCUT2D eigenvalue weighted by Gasteiger charge is -2.18. The molecule has 3 heteroatoms. The Labute approximate surface area is 118 Å². The van der Waals surface area contributed by atoms with Crippen LogP contribution in [-0.2, 0) is 12.8 Å². The molecule has 0 aliphatic carbocycles. The maximum atomic E-state index is 13.2. The lowest BCUT2D eigenvalue weighted by Crippen LogP contribution is -2.33. The summed E-state index contributed by atoms with van der Waals surface area (Å²) >= 11 is 0. The topological polar surface area (TPSA) is 12.0 Å². The normalized spacial score (nSPS) is 12.3. The summed E-state index contributed by atoms with van der Waals surface area (Å²) in [5.74, 6) is -1.04. The van der Waals surface area contributed by atoms with Gasteiger partial charge in [-0.2, -0.15) is 0 Å². The second-order valence-corrected chi connectivity index (χ2v) is 4.93. The van der Waals surface area contributed by atoms with Crippen LogP contribution in [0.25, 0.3) is 0 Å². The number of rotatable bonds is 6. The van der Waals surface area contributed by atoms with Gasteiger partial charge in [0.2, 0.25) is 0 Å². The van der Waals surface area contributed by atoms with Crippen LogP contribution in [0, 0.1) is 11.6 Å². The number of hydrogen-bond donors (Lipinski definition) is 1. The zero-order chi connectivity index (χ0) is 14.4. The van der Waals surface area contributed by atoms with Crippen molar-refractivity contribution in [2.75, 3.05) is 6.54 Å². The van der Waals surface area contributed by atoms with E-state index in [4.69, 9.17) is 0 Å². The summed E-state index contributed by atoms with van der Waals surface area (Å²) in [5, 5.41) is 3.37. The van der Waals surface area contributed by atoms with Gasteiger partial charge in [0.1, 0.15) is 11.6 Å². The smallest absolute Gasteiger partial charge is 0.126 e. The van der Waals surface area contributed by atoms with Crippen molar-refractivity contribution in [2.24, 2.45) is 0 Å². The van der Waals surface area contributed by atoms with Crippen LogP contribution in [0.15, 0.2) is 48.5 Å². The molecule has 0 radical (unpaired) electrons. The van der Waals surface area contributed by atoms with Crippen molar-refractivity contribution in [3.05, 3.63) is 71.3 Å². The van der Waals surface area contributed by atoms with Gasteiger partial charge in [-0.1, -0.05) is 37.3 Å². The van der Waals surface area contributed by atoms with E-state index in [0.29, 0.717) is 12.0 Å². The molecule has 1 nitrogen and oxygen atoms in total. The molecule has 0 heterocycles. The van der Waals surface area contributed by atoms with Gasteiger partial charge < -0.3 is 5.32 Å². The van der Waals surface area contributed by atoms with Crippen LogP contribution in [0.1, 0.15) is 18.1 Å². The van der Waals surface area contributed by atoms with Gasteiger partial charge >= 0.3 is 0 Å². The first-order valence-corrected chi connectivity index (χ1v) is 6.89. The Kier molecular flexibility index (Phi) is 5.24. The van der Waals surface area contributed by atoms with Crippen molar-refractivity contribution < 1.29 is 8.78 Å². The number of hydrogen-bond acceptors (Lipinski definition) is 1. The monoisotopic (exact) mass is 275 g/mol. The average Bonchev–Trinajstić information content (AvgIpc) is 2.39. The third kappa shape index (κ3) is 4.42. The molecule has 2 aromatic carbocycles. The lowest BCUT2D eigenvalue weighted by molar-refractivity contribution is 0.515. The molecule has 106 valence electrons. The van der Waals surface area contributed by atoms with E-state index in [1.807, 2.05) is 25.1 Å². The van der Waals surface area contributed by atoms with Gasteiger partial charge in [-0.25, -0.2) is 8.78 Å². The van der Waals surface area contributed by atoms with Crippen LogP contribution in [0.4, 0.5) is 8.78 Å². The summed E-state index contributed by atoms with van der Waals surface area (Å²) in [4.78, 5) is 0. The molecule has 0 spiro atoms. The highest BCUT2D eigenvalue weighted by Gasteiger charge is 2.11. The minimum Gasteiger partial charge on any atom is -0.314 e. The van der Waals surface area contributed by atoms with Crippen molar-refractivity contribution in [3.63, 3.8) is 0 Å². The molecule has 20 heavy (non-hydrogen) atoms. The molecule has 0 aliphatic heterocycles. The standard InChI is InChI=1S/C17H19F2N/c1-2-20-17(10-13-6-4-3-5-7-13)11-14-8-15(18)12-16(19)9-14/h3-9,12,17,20H,2,10-11H2,1H3. The zero-order valence-electron chi connectivity index (χ0n) is 11.6. The van der Waals surface area contributed by atoms with Crippen LogP contribution < -0.4 is 5.32 Å². The molecular formula is C17H19F2N. The Bertz CT molecular complexity index is 520. The SMILES string of the molecule is CCNC(Cc1ccccc1)Cc1cc(F)cc(F)c1. The lowest BCUT2D eigenvalue weighted by atomic mass is 9.99. The molecule has 0 amide bonds. The summed E-state index contributed by atoms with van der Waals surface area (Å²) in [7, 11) is 0. The number of halogens is 2. The van der Waals surface area contributed by atoms with Crippen molar-refractivity contribution in [1.29, 1.82) is 0 Å². The second kappa shape index (κ2) is 7.15. The van der Waals surface area contributed by atoms with Crippen molar-refractivity contribution in [2.45, 2.75) is 25.8 Å². The van der Waals surface area contributed by atoms with E-state index in [0.717, 1.165) is 19.0 Å². The minimum absolute atomic E-state index is 0.170. The molecule has 0 saturated carbocycles. The van der Waals surface area contributed by atoms with Crippen molar-refractivity contribution in [3.8, 4) is 0 Å². The summed E-state index contributed by atoms with van der Waals surface area (Å²) in [6.07, 6.45) is 1.45. The van der Waals surface area contributed by atoms with Crippen LogP contribution in [0.3, 0.4) is 0 Å². The molecule has 0 aromatic heterocycles. The maximum Gasteiger partial charge on any atom is 0.126 e. The molecular weight excluding hydrogens is 256 g/mol. The predicted octanol–water partition coefficient (Wildman–Crippen LogP) is 3.73. The van der Waals surface area contributed by atoms with Gasteiger partial charge in [-0.3, -0.25) is 0 Å². The molecule has 2 rings (SSSR count). The predicted molar refractivity (Wildman–Crippen MR) is 77.7 cm³/mol. The van der Waals surface area contributed by atoms with Gasteiger partial charge in [0, 0.05) is 12.1 Å². The highest BCUT2D eigenvalue weighted by molar-refractivity contribution is 5.21. The summed E-state index contributed by atoms with van der Waals surface area (Å²) in [6.45, 7) is 2.86. The average molecular weight is 275 g/mol. The Morgan fingerprint density at radius 2 is 1.50 bits per heavy atom. The molecule has 0 aliphatic rings. The van der Waals surface area contributed by atoms with E-state index in [9.17, 15) is 8.78 Å². The van der Waals surface area contributed by atoms with E-state index < -0.39 is 11.6 Å². The summed E-state index contributed by atoms with van der Waals surface area (Å²) in [6, 6.07) is 14.0. The third-order valence-corrected chi connectivity index (χ3v) is 3.22. The molecule has 1 N–H and O–H groups in total. The fourth-order valence-corrected chi connectivity index (χ4v) is 2.42. The van der Waals surface area contributed by atoms with Gasteiger partial charge in [0.15, 0.2) is 0 Å². The van der Waals surface area contributed by atoms with Crippen LogP contribution >= 0.6 is 0 Å². The number of likely N-dealkylation sites (N-methyl/N-ethyl adjacent to an activating group) is 1. The highest BCUT2D eigenvalue weighted by Crippen LogP contribution is 2.13. The first-order chi connectivity index (χ1) is 9.67. The number of nitrogens with one attached hydrogen (secondary N) is 1. The van der Waals surface area contributed by atoms with Crippen LogP contribution in [-0.4, -0.2) is 12.6 Å². The van der Waals surface area contributed by atoms with Gasteiger partial charge in [-0.05, 0) is 42.6 Å². The molecule has 2 aromatic rings. The van der Waals surface area contributed by atoms with Gasteiger partial charge in [0.25, 0.3) is 0 Å². The van der Waals surface area contributed by atoms with E-state index >= 15 is 0 Å². The van der Waals surface area contributed by atoms with Crippen molar-refractivity contribution >= 4 is 0 Å². The Balaban J connectivity index is 2.08. The first kappa shape index (κ1) is 14.7. The van der Waals surface area contributed by atoms with Gasteiger partial charge in [-0.15, -0.1) is 0 Å². The van der Waals surface area contributed by atoms with E-state index in [-0.39, 0.29) is 6.04 Å². The summed E-state index contributed by atoms with van der Waals surface area (Å²) in [5.41, 5.74) is 1.90. The zero-order valence-corrected chi connectivity index (χ0v) is 11.6. The molecule has 0 fully saturated rings. The van der Waals surface area contributed by atoms with Crippen molar-refractivity contribution in [1.82, 2.24) is 5.32 Å². The Morgan fingerprint density at radius 1 is 0.900 bits per heavy atom. The third-order valence-electron chi connectivity index (χ3n) is 3.22. The maximum absolute atomic E-state index is 13.2. The largest absolute Gasteiger partial charge is 0.314 e. The highest BCUT2D eigenvalue weighted by atomic mass is 19.1. The van der Waals surface area contributed by atoms with E-state index in [1.165, 1.54) is 17.7 Å². The Hall–Kier alpha value is -1.74.